The second kappa shape index (κ2) is 10.7. The molecule has 1 aliphatic heterocycles. The van der Waals surface area contributed by atoms with Crippen LogP contribution in [-0.2, 0) is 14.8 Å². The third-order valence-electron chi connectivity index (χ3n) is 5.89. The van der Waals surface area contributed by atoms with Gasteiger partial charge in [0.05, 0.1) is 4.90 Å². The van der Waals surface area contributed by atoms with Gasteiger partial charge in [-0.15, -0.1) is 0 Å². The van der Waals surface area contributed by atoms with Crippen LogP contribution in [0.2, 0.25) is 0 Å². The number of aryl methyl sites for hydroxylation is 1. The second-order valence-corrected chi connectivity index (χ2v) is 10.3. The lowest BCUT2D eigenvalue weighted by molar-refractivity contribution is -0.120. The highest BCUT2D eigenvalue weighted by atomic mass is 32.2. The predicted molar refractivity (Wildman–Crippen MR) is 137 cm³/mol. The third-order valence-corrected chi connectivity index (χ3v) is 7.81. The molecular formula is C26H28N4O4S. The SMILES string of the molecule is Cc1ccc(NC(=O)Nc2ccccc2)cc1NC(=O)C1CCCCN1S(=O)(=O)c1ccccc1. The van der Waals surface area contributed by atoms with Crippen LogP contribution in [0.1, 0.15) is 24.8 Å². The van der Waals surface area contributed by atoms with Gasteiger partial charge in [-0.25, -0.2) is 13.2 Å². The van der Waals surface area contributed by atoms with Crippen molar-refractivity contribution in [1.82, 2.24) is 4.31 Å². The number of sulfonamides is 1. The number of amides is 3. The van der Waals surface area contributed by atoms with Gasteiger partial charge in [0.2, 0.25) is 15.9 Å². The maximum atomic E-state index is 13.3. The Morgan fingerprint density at radius 1 is 0.829 bits per heavy atom. The van der Waals surface area contributed by atoms with E-state index in [1.54, 1.807) is 60.7 Å². The molecule has 3 aromatic rings. The summed E-state index contributed by atoms with van der Waals surface area (Å²) in [6, 6.07) is 21.2. The minimum Gasteiger partial charge on any atom is -0.324 e. The molecule has 1 heterocycles. The number of carbonyl (C=O) groups excluding carboxylic acids is 2. The van der Waals surface area contributed by atoms with Gasteiger partial charge in [-0.2, -0.15) is 4.31 Å². The summed E-state index contributed by atoms with van der Waals surface area (Å²) in [6.07, 6.45) is 1.90. The summed E-state index contributed by atoms with van der Waals surface area (Å²) in [4.78, 5) is 25.8. The van der Waals surface area contributed by atoms with Crippen LogP contribution in [0.15, 0.2) is 83.8 Å². The number of para-hydroxylation sites is 1. The van der Waals surface area contributed by atoms with Crippen LogP contribution in [0.3, 0.4) is 0 Å². The van der Waals surface area contributed by atoms with E-state index < -0.39 is 28.0 Å². The van der Waals surface area contributed by atoms with Crippen molar-refractivity contribution in [1.29, 1.82) is 0 Å². The maximum Gasteiger partial charge on any atom is 0.323 e. The number of hydrogen-bond acceptors (Lipinski definition) is 4. The minimum absolute atomic E-state index is 0.173. The largest absolute Gasteiger partial charge is 0.324 e. The molecule has 35 heavy (non-hydrogen) atoms. The zero-order valence-corrected chi connectivity index (χ0v) is 20.2. The average Bonchev–Trinajstić information content (AvgIpc) is 2.87. The van der Waals surface area contributed by atoms with Crippen LogP contribution in [0.5, 0.6) is 0 Å². The van der Waals surface area contributed by atoms with Gasteiger partial charge >= 0.3 is 6.03 Å². The Hall–Kier alpha value is -3.69. The quantitative estimate of drug-likeness (QED) is 0.458. The molecule has 1 atom stereocenters. The first-order valence-electron chi connectivity index (χ1n) is 11.5. The number of benzene rings is 3. The summed E-state index contributed by atoms with van der Waals surface area (Å²) in [5.41, 5.74) is 2.45. The fourth-order valence-electron chi connectivity index (χ4n) is 4.05. The number of carbonyl (C=O) groups is 2. The van der Waals surface area contributed by atoms with Crippen molar-refractivity contribution in [2.75, 3.05) is 22.5 Å². The van der Waals surface area contributed by atoms with E-state index in [0.717, 1.165) is 12.0 Å². The number of anilines is 3. The molecule has 0 aromatic heterocycles. The van der Waals surface area contributed by atoms with Gasteiger partial charge in [0.1, 0.15) is 6.04 Å². The van der Waals surface area contributed by atoms with Crippen LogP contribution in [-0.4, -0.2) is 37.2 Å². The van der Waals surface area contributed by atoms with E-state index >= 15 is 0 Å². The molecule has 9 heteroatoms. The highest BCUT2D eigenvalue weighted by Crippen LogP contribution is 2.27. The van der Waals surface area contributed by atoms with Gasteiger partial charge in [-0.1, -0.05) is 48.9 Å². The lowest BCUT2D eigenvalue weighted by Crippen LogP contribution is -2.49. The van der Waals surface area contributed by atoms with E-state index in [1.165, 1.54) is 4.31 Å². The van der Waals surface area contributed by atoms with Gasteiger partial charge < -0.3 is 16.0 Å². The molecule has 3 aromatic carbocycles. The zero-order chi connectivity index (χ0) is 24.8. The van der Waals surface area contributed by atoms with Crippen molar-refractivity contribution in [3.05, 3.63) is 84.4 Å². The lowest BCUT2D eigenvalue weighted by Gasteiger charge is -2.33. The molecule has 0 radical (unpaired) electrons. The normalized spacial score (nSPS) is 16.3. The Morgan fingerprint density at radius 2 is 1.49 bits per heavy atom. The van der Waals surface area contributed by atoms with Crippen molar-refractivity contribution < 1.29 is 18.0 Å². The molecule has 1 saturated heterocycles. The van der Waals surface area contributed by atoms with Gasteiger partial charge in [0, 0.05) is 23.6 Å². The first-order chi connectivity index (χ1) is 16.8. The van der Waals surface area contributed by atoms with Crippen LogP contribution < -0.4 is 16.0 Å². The first-order valence-corrected chi connectivity index (χ1v) is 12.9. The third kappa shape index (κ3) is 5.87. The van der Waals surface area contributed by atoms with Gasteiger partial charge in [-0.05, 0) is 61.7 Å². The number of urea groups is 1. The van der Waals surface area contributed by atoms with E-state index in [9.17, 15) is 18.0 Å². The molecule has 0 spiro atoms. The van der Waals surface area contributed by atoms with Gasteiger partial charge in [0.15, 0.2) is 0 Å². The van der Waals surface area contributed by atoms with Crippen molar-refractivity contribution in [3.63, 3.8) is 0 Å². The molecule has 1 fully saturated rings. The molecule has 3 N–H and O–H groups in total. The number of rotatable bonds is 6. The number of nitrogens with zero attached hydrogens (tertiary/aromatic N) is 1. The molecule has 8 nitrogen and oxygen atoms in total. The molecule has 4 rings (SSSR count). The van der Waals surface area contributed by atoms with E-state index in [4.69, 9.17) is 0 Å². The van der Waals surface area contributed by atoms with E-state index in [-0.39, 0.29) is 11.4 Å². The Morgan fingerprint density at radius 3 is 2.20 bits per heavy atom. The average molecular weight is 493 g/mol. The standard InChI is InChI=1S/C26H28N4O4S/c1-19-15-16-21(28-26(32)27-20-10-4-2-5-11-20)18-23(19)29-25(31)24-14-8-9-17-30(24)35(33,34)22-12-6-3-7-13-22/h2-7,10-13,15-16,18,24H,8-9,14,17H2,1H3,(H,29,31)(H2,27,28,32). The Kier molecular flexibility index (Phi) is 7.48. The molecule has 3 amide bonds. The highest BCUT2D eigenvalue weighted by Gasteiger charge is 2.37. The first kappa shape index (κ1) is 24.4. The molecule has 1 aliphatic rings. The minimum atomic E-state index is -3.81. The fraction of sp³-hybridized carbons (Fsp3) is 0.231. The predicted octanol–water partition coefficient (Wildman–Crippen LogP) is 4.82. The van der Waals surface area contributed by atoms with Crippen LogP contribution in [0.4, 0.5) is 21.9 Å². The summed E-state index contributed by atoms with van der Waals surface area (Å²) in [5, 5.41) is 8.38. The zero-order valence-electron chi connectivity index (χ0n) is 19.4. The summed E-state index contributed by atoms with van der Waals surface area (Å²) in [5.74, 6) is -0.391. The second-order valence-electron chi connectivity index (χ2n) is 8.40. The molecule has 0 aliphatic carbocycles. The van der Waals surface area contributed by atoms with E-state index in [1.807, 2.05) is 25.1 Å². The molecule has 0 bridgehead atoms. The summed E-state index contributed by atoms with van der Waals surface area (Å²) in [7, 11) is -3.81. The Balaban J connectivity index is 1.49. The van der Waals surface area contributed by atoms with Crippen molar-refractivity contribution >= 4 is 39.0 Å². The molecule has 0 saturated carbocycles. The van der Waals surface area contributed by atoms with E-state index in [0.29, 0.717) is 29.9 Å². The van der Waals surface area contributed by atoms with Crippen LogP contribution in [0.25, 0.3) is 0 Å². The van der Waals surface area contributed by atoms with E-state index in [2.05, 4.69) is 16.0 Å². The van der Waals surface area contributed by atoms with Crippen molar-refractivity contribution in [2.24, 2.45) is 0 Å². The monoisotopic (exact) mass is 492 g/mol. The highest BCUT2D eigenvalue weighted by molar-refractivity contribution is 7.89. The van der Waals surface area contributed by atoms with Crippen LogP contribution >= 0.6 is 0 Å². The van der Waals surface area contributed by atoms with Gasteiger partial charge in [-0.3, -0.25) is 4.79 Å². The topological polar surface area (TPSA) is 108 Å². The van der Waals surface area contributed by atoms with Gasteiger partial charge in [0.25, 0.3) is 0 Å². The van der Waals surface area contributed by atoms with Crippen molar-refractivity contribution in [3.8, 4) is 0 Å². The Labute approximate surface area is 205 Å². The number of piperidine rings is 1. The molecule has 182 valence electrons. The lowest BCUT2D eigenvalue weighted by atomic mass is 10.0. The smallest absolute Gasteiger partial charge is 0.323 e. The molecular weight excluding hydrogens is 464 g/mol. The number of nitrogens with one attached hydrogen (secondary N) is 3. The maximum absolute atomic E-state index is 13.3. The van der Waals surface area contributed by atoms with Crippen LogP contribution in [0, 0.1) is 6.92 Å². The van der Waals surface area contributed by atoms with Crippen molar-refractivity contribution in [2.45, 2.75) is 37.1 Å². The Bertz CT molecular complexity index is 1300. The fourth-order valence-corrected chi connectivity index (χ4v) is 5.73. The summed E-state index contributed by atoms with van der Waals surface area (Å²) < 4.78 is 27.8. The summed E-state index contributed by atoms with van der Waals surface area (Å²) >= 11 is 0. The summed E-state index contributed by atoms with van der Waals surface area (Å²) in [6.45, 7) is 2.12. The molecule has 1 unspecified atom stereocenters. The number of hydrogen-bond donors (Lipinski definition) is 3.